The van der Waals surface area contributed by atoms with Crippen molar-refractivity contribution in [3.63, 3.8) is 0 Å². The first-order valence-corrected chi connectivity index (χ1v) is 13.0. The van der Waals surface area contributed by atoms with Crippen LogP contribution in [0.25, 0.3) is 0 Å². The predicted molar refractivity (Wildman–Crippen MR) is 140 cm³/mol. The molecule has 3 aliphatic carbocycles. The number of nitrogens with two attached hydrogens (primary N) is 1. The monoisotopic (exact) mass is 582 g/mol. The molecule has 2 fully saturated rings. The SMILES string of the molecule is CN(C)c1c(Cl)c(NC(=O)CCl)c(O)c2c1CC1CC3[C@H](N(C)C)C(=O)C(C(N)=O)C(=O)[C@@]3(O)C(=O)C1C2=O. The lowest BCUT2D eigenvalue weighted by molar-refractivity contribution is -0.181. The Morgan fingerprint density at radius 2 is 1.74 bits per heavy atom. The number of likely N-dealkylation sites (N-methyl/N-ethyl adjacent to an activating group) is 1. The summed E-state index contributed by atoms with van der Waals surface area (Å²) in [4.78, 5) is 81.5. The standard InChI is InChI=1S/C25H28Cl2N4O8/c1-30(2)17-9-5-8-6-10-18(31(3)4)21(35)14(24(28)38)23(37)25(10,39)22(36)12(8)19(33)13(9)20(34)16(15(17)27)29-11(32)7-26/h8,10,12,14,18,34,39H,5-7H2,1-4H3,(H2,28,38)(H,29,32)/t8?,10?,12?,14?,18-,25-/m0/s1. The Kier molecular flexibility index (Phi) is 7.30. The van der Waals surface area contributed by atoms with Gasteiger partial charge in [-0.25, -0.2) is 0 Å². The van der Waals surface area contributed by atoms with Crippen molar-refractivity contribution in [2.24, 2.45) is 29.4 Å². The minimum atomic E-state index is -2.83. The van der Waals surface area contributed by atoms with E-state index in [0.29, 0.717) is 11.3 Å². The molecule has 0 aliphatic heterocycles. The summed E-state index contributed by atoms with van der Waals surface area (Å²) in [7, 11) is 6.29. The number of nitrogens with one attached hydrogen (secondary N) is 1. The number of nitrogens with zero attached hydrogens (tertiary/aromatic N) is 2. The van der Waals surface area contributed by atoms with Crippen LogP contribution in [-0.2, 0) is 30.4 Å². The minimum Gasteiger partial charge on any atom is -0.505 e. The smallest absolute Gasteiger partial charge is 0.239 e. The highest BCUT2D eigenvalue weighted by Gasteiger charge is 2.69. The van der Waals surface area contributed by atoms with E-state index in [1.807, 2.05) is 0 Å². The zero-order valence-electron chi connectivity index (χ0n) is 21.6. The van der Waals surface area contributed by atoms with E-state index in [9.17, 15) is 39.0 Å². The van der Waals surface area contributed by atoms with Gasteiger partial charge in [-0.2, -0.15) is 0 Å². The first-order chi connectivity index (χ1) is 18.1. The van der Waals surface area contributed by atoms with Gasteiger partial charge in [0.15, 0.2) is 40.4 Å². The molecule has 2 saturated carbocycles. The molecule has 14 heteroatoms. The molecule has 0 bridgehead atoms. The second-order valence-corrected chi connectivity index (χ2v) is 11.3. The quantitative estimate of drug-likeness (QED) is 0.205. The minimum absolute atomic E-state index is 0.0242. The molecule has 2 amide bonds. The molecule has 0 heterocycles. The second-order valence-electron chi connectivity index (χ2n) is 10.6. The molecule has 3 aliphatic rings. The maximum Gasteiger partial charge on any atom is 0.239 e. The lowest BCUT2D eigenvalue weighted by Gasteiger charge is -2.52. The number of amides is 2. The van der Waals surface area contributed by atoms with E-state index in [4.69, 9.17) is 28.9 Å². The lowest BCUT2D eigenvalue weighted by atomic mass is 9.52. The average Bonchev–Trinajstić information content (AvgIpc) is 2.83. The molecule has 0 radical (unpaired) electrons. The van der Waals surface area contributed by atoms with E-state index in [1.165, 1.54) is 19.0 Å². The van der Waals surface area contributed by atoms with Crippen molar-refractivity contribution in [1.82, 2.24) is 4.90 Å². The van der Waals surface area contributed by atoms with Gasteiger partial charge in [-0.15, -0.1) is 11.6 Å². The van der Waals surface area contributed by atoms with Gasteiger partial charge in [-0.3, -0.25) is 33.7 Å². The van der Waals surface area contributed by atoms with Crippen molar-refractivity contribution in [3.8, 4) is 5.75 Å². The Labute approximate surface area is 233 Å². The fourth-order valence-corrected chi connectivity index (χ4v) is 6.93. The summed E-state index contributed by atoms with van der Waals surface area (Å²) in [5, 5.41) is 25.0. The Bertz CT molecular complexity index is 1350. The Morgan fingerprint density at radius 1 is 1.13 bits per heavy atom. The maximum atomic E-state index is 13.9. The van der Waals surface area contributed by atoms with Crippen molar-refractivity contribution >= 4 is 69.5 Å². The third-order valence-electron chi connectivity index (χ3n) is 7.98. The normalized spacial score (nSPS) is 30.0. The molecule has 0 spiro atoms. The van der Waals surface area contributed by atoms with Crippen LogP contribution in [0.4, 0.5) is 11.4 Å². The van der Waals surface area contributed by atoms with Crippen molar-refractivity contribution < 1.29 is 39.0 Å². The van der Waals surface area contributed by atoms with Crippen LogP contribution >= 0.6 is 23.2 Å². The third kappa shape index (κ3) is 4.03. The number of carbonyl (C=O) groups excluding carboxylic acids is 6. The van der Waals surface area contributed by atoms with Gasteiger partial charge in [0.1, 0.15) is 11.6 Å². The molecule has 0 aromatic heterocycles. The summed E-state index contributed by atoms with van der Waals surface area (Å²) in [6.45, 7) is 0. The van der Waals surface area contributed by atoms with Crippen LogP contribution in [0, 0.1) is 23.7 Å². The highest BCUT2D eigenvalue weighted by atomic mass is 35.5. The molecular weight excluding hydrogens is 555 g/mol. The molecule has 1 aromatic rings. The van der Waals surface area contributed by atoms with Crippen molar-refractivity contribution in [2.75, 3.05) is 44.3 Å². The fourth-order valence-electron chi connectivity index (χ4n) is 6.44. The molecule has 0 saturated heterocycles. The largest absolute Gasteiger partial charge is 0.505 e. The first-order valence-electron chi connectivity index (χ1n) is 12.1. The number of benzene rings is 1. The summed E-state index contributed by atoms with van der Waals surface area (Å²) in [5.74, 6) is -13.1. The predicted octanol–water partition coefficient (Wildman–Crippen LogP) is -0.236. The van der Waals surface area contributed by atoms with Gasteiger partial charge in [-0.1, -0.05) is 11.6 Å². The fraction of sp³-hybridized carbons (Fsp3) is 0.520. The van der Waals surface area contributed by atoms with Crippen LogP contribution in [-0.4, -0.2) is 95.8 Å². The van der Waals surface area contributed by atoms with E-state index in [0.717, 1.165) is 0 Å². The summed E-state index contributed by atoms with van der Waals surface area (Å²) in [6, 6.07) is -1.20. The van der Waals surface area contributed by atoms with Crippen LogP contribution in [0.2, 0.25) is 5.02 Å². The van der Waals surface area contributed by atoms with Gasteiger partial charge in [-0.05, 0) is 38.4 Å². The second kappa shape index (κ2) is 9.84. The number of rotatable bonds is 5. The van der Waals surface area contributed by atoms with Crippen molar-refractivity contribution in [2.45, 2.75) is 24.5 Å². The Hall–Kier alpha value is -3.06. The van der Waals surface area contributed by atoms with Gasteiger partial charge in [0.05, 0.1) is 28.2 Å². The third-order valence-corrected chi connectivity index (χ3v) is 8.59. The van der Waals surface area contributed by atoms with E-state index >= 15 is 0 Å². The van der Waals surface area contributed by atoms with Gasteiger partial charge < -0.3 is 26.2 Å². The number of halogens is 2. The zero-order valence-corrected chi connectivity index (χ0v) is 23.1. The van der Waals surface area contributed by atoms with Crippen LogP contribution < -0.4 is 16.0 Å². The lowest BCUT2D eigenvalue weighted by Crippen LogP contribution is -2.74. The van der Waals surface area contributed by atoms with Gasteiger partial charge >= 0.3 is 0 Å². The number of ketones is 4. The maximum absolute atomic E-state index is 13.9. The number of alkyl halides is 1. The van der Waals surface area contributed by atoms with Gasteiger partial charge in [0.2, 0.25) is 11.8 Å². The number of aromatic hydroxyl groups is 1. The molecule has 210 valence electrons. The molecule has 6 atom stereocenters. The van der Waals surface area contributed by atoms with E-state index < -0.39 is 81.9 Å². The van der Waals surface area contributed by atoms with Crippen LogP contribution in [0.15, 0.2) is 0 Å². The first kappa shape index (κ1) is 28.9. The summed E-state index contributed by atoms with van der Waals surface area (Å²) < 4.78 is 0. The number of phenolic OH excluding ortho intramolecular Hbond substituents is 1. The molecular formula is C25H28Cl2N4O8. The number of Topliss-reactive ketones (excluding diaryl/α,β-unsaturated/α-hetero) is 4. The number of phenols is 1. The van der Waals surface area contributed by atoms with Crippen LogP contribution in [0.5, 0.6) is 5.75 Å². The van der Waals surface area contributed by atoms with Crippen molar-refractivity contribution in [1.29, 1.82) is 0 Å². The molecule has 1 aromatic carbocycles. The van der Waals surface area contributed by atoms with Gasteiger partial charge in [0, 0.05) is 20.0 Å². The van der Waals surface area contributed by atoms with E-state index in [-0.39, 0.29) is 29.1 Å². The average molecular weight is 583 g/mol. The van der Waals surface area contributed by atoms with Crippen LogP contribution in [0.3, 0.4) is 0 Å². The number of aliphatic hydroxyl groups is 1. The Morgan fingerprint density at radius 3 is 2.26 bits per heavy atom. The summed E-state index contributed by atoms with van der Waals surface area (Å²) in [6.07, 6.45) is -0.0732. The number of anilines is 2. The summed E-state index contributed by atoms with van der Waals surface area (Å²) in [5.41, 5.74) is 2.53. The highest BCUT2D eigenvalue weighted by Crippen LogP contribution is 2.54. The Balaban J connectivity index is 1.93. The van der Waals surface area contributed by atoms with E-state index in [1.54, 1.807) is 19.0 Å². The van der Waals surface area contributed by atoms with E-state index in [2.05, 4.69) is 5.32 Å². The molecule has 5 N–H and O–H groups in total. The molecule has 4 unspecified atom stereocenters. The topological polar surface area (TPSA) is 187 Å². The number of hydrogen-bond acceptors (Lipinski definition) is 10. The van der Waals surface area contributed by atoms with Crippen molar-refractivity contribution in [3.05, 3.63) is 16.1 Å². The number of fused-ring (bicyclic) bond motifs is 3. The number of carbonyl (C=O) groups is 6. The summed E-state index contributed by atoms with van der Waals surface area (Å²) >= 11 is 12.1. The highest BCUT2D eigenvalue weighted by molar-refractivity contribution is 6.39. The molecule has 12 nitrogen and oxygen atoms in total. The van der Waals surface area contributed by atoms with Gasteiger partial charge in [0.25, 0.3) is 0 Å². The van der Waals surface area contributed by atoms with Crippen LogP contribution in [0.1, 0.15) is 22.3 Å². The molecule has 4 rings (SSSR count). The number of primary amides is 1. The number of hydrogen-bond donors (Lipinski definition) is 4. The molecule has 39 heavy (non-hydrogen) atoms. The zero-order chi connectivity index (χ0) is 29.3.